The quantitative estimate of drug-likeness (QED) is 0.692. The van der Waals surface area contributed by atoms with Crippen molar-refractivity contribution in [3.8, 4) is 0 Å². The predicted molar refractivity (Wildman–Crippen MR) is 88.8 cm³/mol. The number of nitro benzene ring substituents is 1. The van der Waals surface area contributed by atoms with Crippen LogP contribution in [0.4, 0.5) is 11.4 Å². The third-order valence-electron chi connectivity index (χ3n) is 4.12. The average molecular weight is 318 g/mol. The van der Waals surface area contributed by atoms with Gasteiger partial charge in [0.15, 0.2) is 0 Å². The number of nitrogens with zero attached hydrogens (tertiary/aromatic N) is 2. The molecule has 1 aromatic heterocycles. The van der Waals surface area contributed by atoms with Gasteiger partial charge in [0.2, 0.25) is 0 Å². The first kappa shape index (κ1) is 15.0. The van der Waals surface area contributed by atoms with E-state index in [9.17, 15) is 10.1 Å². The Labute approximate surface area is 133 Å². The minimum absolute atomic E-state index is 0.154. The highest BCUT2D eigenvalue weighted by atomic mass is 32.1. The molecule has 116 valence electrons. The SMILES string of the molecule is Cc1ccc(C[NH+]2CCN(c3ccc([N+](=O)[O-])cc3)CC2)s1. The predicted octanol–water partition coefficient (Wildman–Crippen LogP) is 1.87. The number of aryl methyl sites for hydroxylation is 1. The van der Waals surface area contributed by atoms with E-state index in [-0.39, 0.29) is 10.6 Å². The zero-order valence-electron chi connectivity index (χ0n) is 12.6. The molecule has 0 amide bonds. The Morgan fingerprint density at radius 2 is 1.86 bits per heavy atom. The molecule has 0 aliphatic carbocycles. The molecular formula is C16H20N3O2S+. The van der Waals surface area contributed by atoms with E-state index in [1.165, 1.54) is 9.75 Å². The van der Waals surface area contributed by atoms with Crippen LogP contribution in [0, 0.1) is 17.0 Å². The summed E-state index contributed by atoms with van der Waals surface area (Å²) in [6.45, 7) is 7.46. The first-order chi connectivity index (χ1) is 10.6. The van der Waals surface area contributed by atoms with Crippen molar-refractivity contribution in [3.63, 3.8) is 0 Å². The van der Waals surface area contributed by atoms with Gasteiger partial charge < -0.3 is 9.80 Å². The number of benzene rings is 1. The van der Waals surface area contributed by atoms with Crippen molar-refractivity contribution in [2.24, 2.45) is 0 Å². The molecule has 0 atom stereocenters. The van der Waals surface area contributed by atoms with Crippen LogP contribution in [0.2, 0.25) is 0 Å². The van der Waals surface area contributed by atoms with Crippen LogP contribution >= 0.6 is 11.3 Å². The molecule has 3 rings (SSSR count). The van der Waals surface area contributed by atoms with Gasteiger partial charge in [0.05, 0.1) is 36.0 Å². The van der Waals surface area contributed by atoms with E-state index < -0.39 is 0 Å². The molecule has 22 heavy (non-hydrogen) atoms. The fourth-order valence-corrected chi connectivity index (χ4v) is 3.83. The molecule has 1 aromatic carbocycles. The Morgan fingerprint density at radius 1 is 1.18 bits per heavy atom. The van der Waals surface area contributed by atoms with E-state index in [1.54, 1.807) is 17.0 Å². The van der Waals surface area contributed by atoms with E-state index >= 15 is 0 Å². The molecule has 1 fully saturated rings. The summed E-state index contributed by atoms with van der Waals surface area (Å²) in [5.41, 5.74) is 1.23. The van der Waals surface area contributed by atoms with Crippen molar-refractivity contribution in [2.75, 3.05) is 31.1 Å². The van der Waals surface area contributed by atoms with Crippen LogP contribution in [-0.2, 0) is 6.54 Å². The minimum atomic E-state index is -0.352. The van der Waals surface area contributed by atoms with Crippen LogP contribution in [0.25, 0.3) is 0 Å². The Kier molecular flexibility index (Phi) is 4.40. The van der Waals surface area contributed by atoms with E-state index in [0.717, 1.165) is 38.4 Å². The summed E-state index contributed by atoms with van der Waals surface area (Å²) in [4.78, 5) is 17.1. The number of hydrogen-bond donors (Lipinski definition) is 1. The van der Waals surface area contributed by atoms with Crippen molar-refractivity contribution in [3.05, 3.63) is 56.3 Å². The molecule has 0 unspecified atom stereocenters. The number of rotatable bonds is 4. The smallest absolute Gasteiger partial charge is 0.269 e. The largest absolute Gasteiger partial charge is 0.360 e. The van der Waals surface area contributed by atoms with Crippen LogP contribution in [0.5, 0.6) is 0 Å². The first-order valence-electron chi connectivity index (χ1n) is 7.50. The molecule has 5 nitrogen and oxygen atoms in total. The van der Waals surface area contributed by atoms with Crippen molar-refractivity contribution in [1.82, 2.24) is 0 Å². The fraction of sp³-hybridized carbons (Fsp3) is 0.375. The first-order valence-corrected chi connectivity index (χ1v) is 8.32. The number of anilines is 1. The molecule has 1 N–H and O–H groups in total. The third kappa shape index (κ3) is 3.45. The zero-order chi connectivity index (χ0) is 15.5. The minimum Gasteiger partial charge on any atom is -0.360 e. The summed E-state index contributed by atoms with van der Waals surface area (Å²) < 4.78 is 0. The van der Waals surface area contributed by atoms with Gasteiger partial charge in [-0.3, -0.25) is 10.1 Å². The highest BCUT2D eigenvalue weighted by Gasteiger charge is 2.21. The lowest BCUT2D eigenvalue weighted by Crippen LogP contribution is -3.13. The van der Waals surface area contributed by atoms with Gasteiger partial charge >= 0.3 is 0 Å². The summed E-state index contributed by atoms with van der Waals surface area (Å²) in [6.07, 6.45) is 0. The van der Waals surface area contributed by atoms with Gasteiger partial charge in [-0.1, -0.05) is 0 Å². The molecule has 1 aliphatic heterocycles. The maximum absolute atomic E-state index is 10.7. The second-order valence-electron chi connectivity index (χ2n) is 5.70. The van der Waals surface area contributed by atoms with E-state index in [0.29, 0.717) is 0 Å². The molecule has 1 aliphatic rings. The molecular weight excluding hydrogens is 298 g/mol. The van der Waals surface area contributed by atoms with E-state index in [2.05, 4.69) is 24.0 Å². The summed E-state index contributed by atoms with van der Waals surface area (Å²) in [5.74, 6) is 0. The lowest BCUT2D eigenvalue weighted by atomic mass is 10.2. The van der Waals surface area contributed by atoms with Gasteiger partial charge in [0, 0.05) is 22.7 Å². The van der Waals surface area contributed by atoms with Gasteiger partial charge in [-0.25, -0.2) is 0 Å². The number of non-ortho nitro benzene ring substituents is 1. The molecule has 0 spiro atoms. The molecule has 2 aromatic rings. The second-order valence-corrected chi connectivity index (χ2v) is 7.07. The second kappa shape index (κ2) is 6.46. The number of thiophene rings is 1. The molecule has 2 heterocycles. The summed E-state index contributed by atoms with van der Waals surface area (Å²) in [5, 5.41) is 10.7. The number of quaternary nitrogens is 1. The highest BCUT2D eigenvalue weighted by molar-refractivity contribution is 7.11. The van der Waals surface area contributed by atoms with E-state index in [4.69, 9.17) is 0 Å². The number of nitro groups is 1. The van der Waals surface area contributed by atoms with Gasteiger partial charge in [-0.2, -0.15) is 0 Å². The van der Waals surface area contributed by atoms with Crippen molar-refractivity contribution >= 4 is 22.7 Å². The summed E-state index contributed by atoms with van der Waals surface area (Å²) in [6, 6.07) is 11.3. The highest BCUT2D eigenvalue weighted by Crippen LogP contribution is 2.19. The van der Waals surface area contributed by atoms with Gasteiger partial charge in [-0.15, -0.1) is 11.3 Å². The standard InChI is InChI=1S/C16H19N3O2S/c1-13-2-7-16(22-13)12-17-8-10-18(11-9-17)14-3-5-15(6-4-14)19(20)21/h2-7H,8-12H2,1H3/p+1. The lowest BCUT2D eigenvalue weighted by Gasteiger charge is -2.33. The normalized spacial score (nSPS) is 16.0. The summed E-state index contributed by atoms with van der Waals surface area (Å²) in [7, 11) is 0. The van der Waals surface area contributed by atoms with Crippen molar-refractivity contribution < 1.29 is 9.82 Å². The van der Waals surface area contributed by atoms with E-state index in [1.807, 2.05) is 23.5 Å². The maximum atomic E-state index is 10.7. The Bertz CT molecular complexity index is 646. The van der Waals surface area contributed by atoms with Gasteiger partial charge in [-0.05, 0) is 31.2 Å². The third-order valence-corrected chi connectivity index (χ3v) is 5.12. The average Bonchev–Trinajstić information content (AvgIpc) is 2.93. The molecule has 1 saturated heterocycles. The Morgan fingerprint density at radius 3 is 2.41 bits per heavy atom. The number of nitrogens with one attached hydrogen (secondary N) is 1. The molecule has 0 radical (unpaired) electrons. The number of hydrogen-bond acceptors (Lipinski definition) is 4. The zero-order valence-corrected chi connectivity index (χ0v) is 13.4. The number of piperazine rings is 1. The molecule has 0 saturated carbocycles. The van der Waals surface area contributed by atoms with Crippen molar-refractivity contribution in [2.45, 2.75) is 13.5 Å². The Balaban J connectivity index is 1.56. The maximum Gasteiger partial charge on any atom is 0.269 e. The van der Waals surface area contributed by atoms with Crippen LogP contribution in [0.15, 0.2) is 36.4 Å². The lowest BCUT2D eigenvalue weighted by molar-refractivity contribution is -0.914. The monoisotopic (exact) mass is 318 g/mol. The summed E-state index contributed by atoms with van der Waals surface area (Å²) >= 11 is 1.88. The van der Waals surface area contributed by atoms with Gasteiger partial charge in [0.25, 0.3) is 5.69 Å². The Hall–Kier alpha value is -1.92. The van der Waals surface area contributed by atoms with Crippen LogP contribution < -0.4 is 9.80 Å². The van der Waals surface area contributed by atoms with Gasteiger partial charge in [0.1, 0.15) is 6.54 Å². The molecule has 6 heteroatoms. The fourth-order valence-electron chi connectivity index (χ4n) is 2.87. The van der Waals surface area contributed by atoms with Crippen LogP contribution in [0.3, 0.4) is 0 Å². The van der Waals surface area contributed by atoms with Crippen molar-refractivity contribution in [1.29, 1.82) is 0 Å². The molecule has 0 bridgehead atoms. The van der Waals surface area contributed by atoms with Crippen LogP contribution in [-0.4, -0.2) is 31.1 Å². The topological polar surface area (TPSA) is 50.8 Å². The van der Waals surface area contributed by atoms with Crippen LogP contribution in [0.1, 0.15) is 9.75 Å².